The second-order valence-electron chi connectivity index (χ2n) is 5.75. The van der Waals surface area contributed by atoms with Gasteiger partial charge in [0.15, 0.2) is 0 Å². The zero-order chi connectivity index (χ0) is 14.4. The Bertz CT molecular complexity index is 400. The van der Waals surface area contributed by atoms with Crippen LogP contribution in [-0.4, -0.2) is 29.8 Å². The number of thiophene rings is 1. The highest BCUT2D eigenvalue weighted by Gasteiger charge is 2.20. The number of amides is 2. The summed E-state index contributed by atoms with van der Waals surface area (Å²) in [5.41, 5.74) is 0. The number of urea groups is 1. The first kappa shape index (κ1) is 15.3. The van der Waals surface area contributed by atoms with Crippen molar-refractivity contribution < 1.29 is 9.90 Å². The van der Waals surface area contributed by atoms with Crippen LogP contribution in [0.5, 0.6) is 0 Å². The summed E-state index contributed by atoms with van der Waals surface area (Å²) in [5.74, 6) is 0.438. The molecule has 112 valence electrons. The summed E-state index contributed by atoms with van der Waals surface area (Å²) in [6.45, 7) is 2.84. The SMILES string of the molecule is C[C@@H](CNC(=O)NC1CCC(O)CC1)Cc1cccs1. The molecule has 2 rings (SSSR count). The van der Waals surface area contributed by atoms with Gasteiger partial charge in [0, 0.05) is 17.5 Å². The number of hydrogen-bond acceptors (Lipinski definition) is 3. The Morgan fingerprint density at radius 1 is 1.45 bits per heavy atom. The molecule has 0 saturated heterocycles. The van der Waals surface area contributed by atoms with Gasteiger partial charge in [-0.15, -0.1) is 11.3 Å². The van der Waals surface area contributed by atoms with E-state index in [1.165, 1.54) is 4.88 Å². The second kappa shape index (κ2) is 7.64. The molecular formula is C15H24N2O2S. The zero-order valence-electron chi connectivity index (χ0n) is 12.0. The van der Waals surface area contributed by atoms with Crippen LogP contribution in [0.1, 0.15) is 37.5 Å². The normalized spacial score (nSPS) is 24.1. The molecule has 1 saturated carbocycles. The molecular weight excluding hydrogens is 272 g/mol. The van der Waals surface area contributed by atoms with Crippen molar-refractivity contribution in [2.45, 2.75) is 51.2 Å². The molecule has 5 heteroatoms. The van der Waals surface area contributed by atoms with Crippen LogP contribution in [0.4, 0.5) is 4.79 Å². The highest BCUT2D eigenvalue weighted by Crippen LogP contribution is 2.18. The quantitative estimate of drug-likeness (QED) is 0.782. The molecule has 1 aliphatic rings. The number of nitrogens with one attached hydrogen (secondary N) is 2. The lowest BCUT2D eigenvalue weighted by Gasteiger charge is -2.26. The molecule has 1 aliphatic carbocycles. The highest BCUT2D eigenvalue weighted by molar-refractivity contribution is 7.09. The number of hydrogen-bond donors (Lipinski definition) is 3. The third-order valence-corrected chi connectivity index (χ3v) is 4.67. The van der Waals surface area contributed by atoms with Crippen molar-refractivity contribution in [1.82, 2.24) is 10.6 Å². The lowest BCUT2D eigenvalue weighted by molar-refractivity contribution is 0.117. The van der Waals surface area contributed by atoms with Gasteiger partial charge >= 0.3 is 6.03 Å². The Morgan fingerprint density at radius 3 is 2.85 bits per heavy atom. The molecule has 0 aliphatic heterocycles. The van der Waals surface area contributed by atoms with Crippen molar-refractivity contribution in [1.29, 1.82) is 0 Å². The predicted octanol–water partition coefficient (Wildman–Crippen LogP) is 2.53. The van der Waals surface area contributed by atoms with Gasteiger partial charge in [-0.25, -0.2) is 4.79 Å². The molecule has 0 radical (unpaired) electrons. The van der Waals surface area contributed by atoms with Crippen LogP contribution < -0.4 is 10.6 Å². The van der Waals surface area contributed by atoms with Crippen LogP contribution in [-0.2, 0) is 6.42 Å². The Balaban J connectivity index is 1.62. The molecule has 1 aromatic heterocycles. The largest absolute Gasteiger partial charge is 0.393 e. The van der Waals surface area contributed by atoms with Gasteiger partial charge in [-0.3, -0.25) is 0 Å². The summed E-state index contributed by atoms with van der Waals surface area (Å²) in [7, 11) is 0. The summed E-state index contributed by atoms with van der Waals surface area (Å²) in [6, 6.07) is 4.33. The molecule has 0 bridgehead atoms. The topological polar surface area (TPSA) is 61.4 Å². The average molecular weight is 296 g/mol. The first-order chi connectivity index (χ1) is 9.63. The lowest BCUT2D eigenvalue weighted by Crippen LogP contribution is -2.45. The molecule has 1 atom stereocenters. The molecule has 2 amide bonds. The summed E-state index contributed by atoms with van der Waals surface area (Å²) in [6.07, 6.45) is 4.16. The Morgan fingerprint density at radius 2 is 2.20 bits per heavy atom. The molecule has 0 aromatic carbocycles. The molecule has 4 nitrogen and oxygen atoms in total. The maximum Gasteiger partial charge on any atom is 0.315 e. The molecule has 1 heterocycles. The minimum atomic E-state index is -0.179. The standard InChI is InChI=1S/C15H24N2O2S/c1-11(9-14-3-2-8-20-14)10-16-15(19)17-12-4-6-13(18)7-5-12/h2-3,8,11-13,18H,4-7,9-10H2,1H3,(H2,16,17,19)/t11-,12?,13?/m1/s1. The highest BCUT2D eigenvalue weighted by atomic mass is 32.1. The fourth-order valence-electron chi connectivity index (χ4n) is 2.57. The van der Waals surface area contributed by atoms with Crippen molar-refractivity contribution >= 4 is 17.4 Å². The van der Waals surface area contributed by atoms with E-state index < -0.39 is 0 Å². The van der Waals surface area contributed by atoms with E-state index in [1.807, 2.05) is 0 Å². The van der Waals surface area contributed by atoms with Gasteiger partial charge in [-0.2, -0.15) is 0 Å². The summed E-state index contributed by atoms with van der Waals surface area (Å²) in [4.78, 5) is 13.2. The molecule has 1 aromatic rings. The Labute approximate surface area is 124 Å². The van der Waals surface area contributed by atoms with Crippen LogP contribution >= 0.6 is 11.3 Å². The molecule has 20 heavy (non-hydrogen) atoms. The van der Waals surface area contributed by atoms with E-state index in [1.54, 1.807) is 11.3 Å². The molecule has 0 unspecified atom stereocenters. The maximum atomic E-state index is 11.8. The number of carbonyl (C=O) groups is 1. The van der Waals surface area contributed by atoms with E-state index in [0.29, 0.717) is 12.5 Å². The molecule has 0 spiro atoms. The van der Waals surface area contributed by atoms with Gasteiger partial charge in [0.1, 0.15) is 0 Å². The second-order valence-corrected chi connectivity index (χ2v) is 6.78. The maximum absolute atomic E-state index is 11.8. The van der Waals surface area contributed by atoms with E-state index in [4.69, 9.17) is 0 Å². The van der Waals surface area contributed by atoms with Gasteiger partial charge in [0.25, 0.3) is 0 Å². The van der Waals surface area contributed by atoms with Crippen LogP contribution in [0.2, 0.25) is 0 Å². The van der Waals surface area contributed by atoms with Crippen molar-refractivity contribution in [3.63, 3.8) is 0 Å². The number of aliphatic hydroxyl groups excluding tert-OH is 1. The smallest absolute Gasteiger partial charge is 0.315 e. The van der Waals surface area contributed by atoms with Crippen molar-refractivity contribution in [3.05, 3.63) is 22.4 Å². The first-order valence-electron chi connectivity index (χ1n) is 7.38. The fourth-order valence-corrected chi connectivity index (χ4v) is 3.44. The van der Waals surface area contributed by atoms with Crippen molar-refractivity contribution in [2.24, 2.45) is 5.92 Å². The van der Waals surface area contributed by atoms with Gasteiger partial charge in [0.2, 0.25) is 0 Å². The Hall–Kier alpha value is -1.07. The number of rotatable bonds is 5. The predicted molar refractivity (Wildman–Crippen MR) is 82.0 cm³/mol. The van der Waals surface area contributed by atoms with Crippen molar-refractivity contribution in [2.75, 3.05) is 6.54 Å². The third kappa shape index (κ3) is 5.13. The van der Waals surface area contributed by atoms with Gasteiger partial charge in [-0.1, -0.05) is 13.0 Å². The van der Waals surface area contributed by atoms with E-state index in [9.17, 15) is 9.90 Å². The summed E-state index contributed by atoms with van der Waals surface area (Å²) < 4.78 is 0. The monoisotopic (exact) mass is 296 g/mol. The minimum Gasteiger partial charge on any atom is -0.393 e. The first-order valence-corrected chi connectivity index (χ1v) is 8.26. The number of carbonyl (C=O) groups excluding carboxylic acids is 1. The van der Waals surface area contributed by atoms with Crippen LogP contribution in [0.3, 0.4) is 0 Å². The zero-order valence-corrected chi connectivity index (χ0v) is 12.8. The lowest BCUT2D eigenvalue weighted by atomic mass is 9.93. The summed E-state index contributed by atoms with van der Waals surface area (Å²) >= 11 is 1.76. The number of aliphatic hydroxyl groups is 1. The van der Waals surface area contributed by atoms with E-state index in [-0.39, 0.29) is 18.2 Å². The van der Waals surface area contributed by atoms with Gasteiger partial charge < -0.3 is 15.7 Å². The van der Waals surface area contributed by atoms with Crippen molar-refractivity contribution in [3.8, 4) is 0 Å². The average Bonchev–Trinajstić information content (AvgIpc) is 2.92. The van der Waals surface area contributed by atoms with E-state index in [0.717, 1.165) is 32.1 Å². The van der Waals surface area contributed by atoms with Gasteiger partial charge in [-0.05, 0) is 49.5 Å². The van der Waals surface area contributed by atoms with Gasteiger partial charge in [0.05, 0.1) is 6.10 Å². The van der Waals surface area contributed by atoms with Crippen LogP contribution in [0.25, 0.3) is 0 Å². The third-order valence-electron chi connectivity index (χ3n) is 3.77. The fraction of sp³-hybridized carbons (Fsp3) is 0.667. The van der Waals surface area contributed by atoms with Crippen LogP contribution in [0, 0.1) is 5.92 Å². The molecule has 3 N–H and O–H groups in total. The van der Waals surface area contributed by atoms with E-state index >= 15 is 0 Å². The van der Waals surface area contributed by atoms with Crippen LogP contribution in [0.15, 0.2) is 17.5 Å². The Kier molecular flexibility index (Phi) is 5.86. The van der Waals surface area contributed by atoms with E-state index in [2.05, 4.69) is 35.1 Å². The molecule has 1 fully saturated rings. The minimum absolute atomic E-state index is 0.0792. The summed E-state index contributed by atoms with van der Waals surface area (Å²) in [5, 5.41) is 17.5.